The van der Waals surface area contributed by atoms with Crippen molar-refractivity contribution < 1.29 is 4.79 Å². The predicted molar refractivity (Wildman–Crippen MR) is 62.2 cm³/mol. The number of thiophene rings is 1. The van der Waals surface area contributed by atoms with Crippen molar-refractivity contribution in [3.63, 3.8) is 0 Å². The average molecular weight is 295 g/mol. The third-order valence-corrected chi connectivity index (χ3v) is 4.41. The minimum absolute atomic E-state index is 0.0926. The van der Waals surface area contributed by atoms with Gasteiger partial charge in [-0.15, -0.1) is 22.9 Å². The van der Waals surface area contributed by atoms with E-state index in [4.69, 9.17) is 11.6 Å². The Morgan fingerprint density at radius 2 is 2.50 bits per heavy atom. The van der Waals surface area contributed by atoms with Crippen LogP contribution >= 0.6 is 38.9 Å². The number of alkyl halides is 1. The summed E-state index contributed by atoms with van der Waals surface area (Å²) in [6.07, 6.45) is 0.899. The van der Waals surface area contributed by atoms with Crippen molar-refractivity contribution in [3.8, 4) is 0 Å². The fraction of sp³-hybridized carbons (Fsp3) is 0.444. The van der Waals surface area contributed by atoms with E-state index in [2.05, 4.69) is 15.9 Å². The summed E-state index contributed by atoms with van der Waals surface area (Å²) in [5, 5.41) is 2.03. The van der Waals surface area contributed by atoms with Gasteiger partial charge in [0.2, 0.25) is 0 Å². The molecule has 5 heteroatoms. The lowest BCUT2D eigenvalue weighted by molar-refractivity contribution is 0.0797. The largest absolute Gasteiger partial charge is 0.336 e. The molecule has 0 aliphatic carbocycles. The van der Waals surface area contributed by atoms with E-state index in [1.807, 2.05) is 16.3 Å². The van der Waals surface area contributed by atoms with E-state index in [0.29, 0.717) is 6.54 Å². The van der Waals surface area contributed by atoms with Crippen LogP contribution < -0.4 is 0 Å². The van der Waals surface area contributed by atoms with Crippen molar-refractivity contribution in [2.75, 3.05) is 13.1 Å². The second-order valence-electron chi connectivity index (χ2n) is 3.23. The van der Waals surface area contributed by atoms with E-state index in [1.165, 1.54) is 11.3 Å². The summed E-state index contributed by atoms with van der Waals surface area (Å²) in [5.41, 5.74) is 0. The Morgan fingerprint density at radius 3 is 3.00 bits per heavy atom. The molecular weight excluding hydrogens is 286 g/mol. The van der Waals surface area contributed by atoms with Crippen LogP contribution in [-0.4, -0.2) is 29.3 Å². The molecule has 1 fully saturated rings. The van der Waals surface area contributed by atoms with Gasteiger partial charge in [-0.3, -0.25) is 4.79 Å². The van der Waals surface area contributed by atoms with Crippen LogP contribution in [0.25, 0.3) is 0 Å². The molecule has 2 rings (SSSR count). The van der Waals surface area contributed by atoms with Gasteiger partial charge in [0.15, 0.2) is 0 Å². The highest BCUT2D eigenvalue weighted by Crippen LogP contribution is 2.26. The Morgan fingerprint density at radius 1 is 1.71 bits per heavy atom. The minimum Gasteiger partial charge on any atom is -0.336 e. The molecule has 1 amide bonds. The molecule has 1 unspecified atom stereocenters. The fourth-order valence-electron chi connectivity index (χ4n) is 1.49. The molecule has 0 N–H and O–H groups in total. The number of rotatable bonds is 1. The quantitative estimate of drug-likeness (QED) is 0.729. The smallest absolute Gasteiger partial charge is 0.265 e. The van der Waals surface area contributed by atoms with Crippen LogP contribution in [0.15, 0.2) is 15.9 Å². The van der Waals surface area contributed by atoms with Crippen molar-refractivity contribution >= 4 is 44.8 Å². The molecule has 1 atom stereocenters. The van der Waals surface area contributed by atoms with Crippen molar-refractivity contribution in [1.82, 2.24) is 4.90 Å². The van der Waals surface area contributed by atoms with Crippen molar-refractivity contribution in [3.05, 3.63) is 20.8 Å². The first-order valence-electron chi connectivity index (χ1n) is 4.35. The Balaban J connectivity index is 2.13. The third-order valence-electron chi connectivity index (χ3n) is 2.23. The molecule has 1 aliphatic heterocycles. The molecule has 0 radical (unpaired) electrons. The molecule has 76 valence electrons. The van der Waals surface area contributed by atoms with Gasteiger partial charge in [-0.25, -0.2) is 0 Å². The van der Waals surface area contributed by atoms with Crippen LogP contribution in [0.1, 0.15) is 16.1 Å². The SMILES string of the molecule is O=C(c1sccc1Br)N1CCC(Cl)C1. The van der Waals surface area contributed by atoms with Crippen molar-refractivity contribution in [2.24, 2.45) is 0 Å². The summed E-state index contributed by atoms with van der Waals surface area (Å²) in [5.74, 6) is 0.0926. The highest BCUT2D eigenvalue weighted by atomic mass is 79.9. The highest BCUT2D eigenvalue weighted by Gasteiger charge is 2.26. The number of likely N-dealkylation sites (tertiary alicyclic amines) is 1. The molecule has 14 heavy (non-hydrogen) atoms. The summed E-state index contributed by atoms with van der Waals surface area (Å²) in [4.78, 5) is 14.5. The number of nitrogens with zero attached hydrogens (tertiary/aromatic N) is 1. The van der Waals surface area contributed by atoms with Gasteiger partial charge in [-0.05, 0) is 33.8 Å². The average Bonchev–Trinajstić information content (AvgIpc) is 2.73. The summed E-state index contributed by atoms with van der Waals surface area (Å²) in [7, 11) is 0. The standard InChI is InChI=1S/C9H9BrClNOS/c10-7-2-4-14-8(7)9(13)12-3-1-6(11)5-12/h2,4,6H,1,3,5H2. The lowest BCUT2D eigenvalue weighted by atomic mass is 10.4. The van der Waals surface area contributed by atoms with Gasteiger partial charge < -0.3 is 4.90 Å². The number of carbonyl (C=O) groups excluding carboxylic acids is 1. The Bertz CT molecular complexity index is 354. The highest BCUT2D eigenvalue weighted by molar-refractivity contribution is 9.10. The zero-order valence-electron chi connectivity index (χ0n) is 7.37. The van der Waals surface area contributed by atoms with E-state index < -0.39 is 0 Å². The molecule has 0 saturated carbocycles. The topological polar surface area (TPSA) is 20.3 Å². The number of halogens is 2. The van der Waals surface area contributed by atoms with Crippen LogP contribution in [-0.2, 0) is 0 Å². The lowest BCUT2D eigenvalue weighted by Gasteiger charge is -2.14. The molecule has 1 aromatic rings. The number of hydrogen-bond acceptors (Lipinski definition) is 2. The molecule has 1 aliphatic rings. The van der Waals surface area contributed by atoms with Gasteiger partial charge in [-0.1, -0.05) is 0 Å². The van der Waals surface area contributed by atoms with Crippen LogP contribution in [0.3, 0.4) is 0 Å². The maximum atomic E-state index is 11.9. The van der Waals surface area contributed by atoms with E-state index in [9.17, 15) is 4.79 Å². The van der Waals surface area contributed by atoms with E-state index in [0.717, 1.165) is 22.3 Å². The zero-order valence-corrected chi connectivity index (χ0v) is 10.5. The van der Waals surface area contributed by atoms with E-state index >= 15 is 0 Å². The van der Waals surface area contributed by atoms with Gasteiger partial charge in [-0.2, -0.15) is 0 Å². The van der Waals surface area contributed by atoms with Gasteiger partial charge >= 0.3 is 0 Å². The monoisotopic (exact) mass is 293 g/mol. The van der Waals surface area contributed by atoms with Crippen molar-refractivity contribution in [2.45, 2.75) is 11.8 Å². The first kappa shape index (κ1) is 10.5. The molecule has 2 nitrogen and oxygen atoms in total. The second-order valence-corrected chi connectivity index (χ2v) is 5.62. The maximum Gasteiger partial charge on any atom is 0.265 e. The summed E-state index contributed by atoms with van der Waals surface area (Å²) in [6, 6.07) is 1.89. The Kier molecular flexibility index (Phi) is 3.14. The Labute approximate surface area is 100.0 Å². The molecule has 0 bridgehead atoms. The van der Waals surface area contributed by atoms with Gasteiger partial charge in [0.25, 0.3) is 5.91 Å². The fourth-order valence-corrected chi connectivity index (χ4v) is 3.26. The molecule has 2 heterocycles. The number of hydrogen-bond donors (Lipinski definition) is 0. The summed E-state index contributed by atoms with van der Waals surface area (Å²) in [6.45, 7) is 1.45. The molecule has 0 spiro atoms. The number of carbonyl (C=O) groups is 1. The molecular formula is C9H9BrClNOS. The molecule has 1 aromatic heterocycles. The predicted octanol–water partition coefficient (Wildman–Crippen LogP) is 2.96. The van der Waals surface area contributed by atoms with Gasteiger partial charge in [0.05, 0.1) is 5.38 Å². The van der Waals surface area contributed by atoms with Gasteiger partial charge in [0.1, 0.15) is 4.88 Å². The Hall–Kier alpha value is -0.0600. The minimum atomic E-state index is 0.0926. The van der Waals surface area contributed by atoms with Crippen LogP contribution in [0.4, 0.5) is 0 Å². The van der Waals surface area contributed by atoms with E-state index in [1.54, 1.807) is 0 Å². The first-order valence-corrected chi connectivity index (χ1v) is 6.45. The van der Waals surface area contributed by atoms with Crippen molar-refractivity contribution in [1.29, 1.82) is 0 Å². The zero-order chi connectivity index (χ0) is 10.1. The van der Waals surface area contributed by atoms with Crippen LogP contribution in [0, 0.1) is 0 Å². The van der Waals surface area contributed by atoms with Crippen LogP contribution in [0.2, 0.25) is 0 Å². The number of amides is 1. The third kappa shape index (κ3) is 1.97. The maximum absolute atomic E-state index is 11.9. The normalized spacial score (nSPS) is 21.6. The first-order chi connectivity index (χ1) is 6.68. The second kappa shape index (κ2) is 4.21. The van der Waals surface area contributed by atoms with Gasteiger partial charge in [0, 0.05) is 17.6 Å². The summed E-state index contributed by atoms with van der Waals surface area (Å²) < 4.78 is 0.880. The van der Waals surface area contributed by atoms with E-state index in [-0.39, 0.29) is 11.3 Å². The lowest BCUT2D eigenvalue weighted by Crippen LogP contribution is -2.28. The molecule has 0 aromatic carbocycles. The molecule has 1 saturated heterocycles. The van der Waals surface area contributed by atoms with Crippen LogP contribution in [0.5, 0.6) is 0 Å². The summed E-state index contributed by atoms with van der Waals surface area (Å²) >= 11 is 10.8.